The molecule has 46 heavy (non-hydrogen) atoms. The first-order valence-electron chi connectivity index (χ1n) is 14.0. The highest BCUT2D eigenvalue weighted by atomic mass is 79.9. The van der Waals surface area contributed by atoms with Crippen molar-refractivity contribution in [3.05, 3.63) is 110 Å². The molecule has 0 amide bonds. The van der Waals surface area contributed by atoms with Gasteiger partial charge in [0.1, 0.15) is 6.61 Å². The van der Waals surface area contributed by atoms with E-state index in [1.54, 1.807) is 45.2 Å². The zero-order valence-electron chi connectivity index (χ0n) is 25.5. The van der Waals surface area contributed by atoms with Crippen LogP contribution in [0.4, 0.5) is 0 Å². The fourth-order valence-electron chi connectivity index (χ4n) is 5.02. The van der Waals surface area contributed by atoms with Crippen LogP contribution < -0.4 is 33.8 Å². The number of rotatable bonds is 10. The summed E-state index contributed by atoms with van der Waals surface area (Å²) in [4.78, 5) is 32.6. The second-order valence-corrected chi connectivity index (χ2v) is 13.6. The molecule has 1 aliphatic rings. The Hall–Kier alpha value is -3.39. The number of hydrogen-bond donors (Lipinski definition) is 0. The third-order valence-corrected chi connectivity index (χ3v) is 9.95. The number of fused-ring (bicyclic) bond motifs is 1. The van der Waals surface area contributed by atoms with Gasteiger partial charge in [-0.05, 0) is 88.9 Å². The topological polar surface area (TPSA) is 97.6 Å². The molecule has 5 rings (SSSR count). The highest BCUT2D eigenvalue weighted by Crippen LogP contribution is 2.41. The van der Waals surface area contributed by atoms with Gasteiger partial charge in [0.25, 0.3) is 5.56 Å². The first-order valence-corrected chi connectivity index (χ1v) is 17.2. The first kappa shape index (κ1) is 34.0. The Morgan fingerprint density at radius 2 is 1.63 bits per heavy atom. The SMILES string of the molecule is CCOC(=O)C1=C(C)N=c2s/c(=C\c3cc(Br)c(OCc4ccc(Br)cc4)c(OC)c3)c(=O)n2[C@@H]1c1cc(OC)c(OC)cc1Br. The lowest BCUT2D eigenvalue weighted by Crippen LogP contribution is -2.40. The van der Waals surface area contributed by atoms with Crippen LogP contribution in [0.1, 0.15) is 36.6 Å². The van der Waals surface area contributed by atoms with E-state index in [1.807, 2.05) is 30.3 Å². The molecule has 4 aromatic rings. The van der Waals surface area contributed by atoms with E-state index < -0.39 is 12.0 Å². The van der Waals surface area contributed by atoms with Crippen molar-refractivity contribution in [3.8, 4) is 23.0 Å². The normalized spacial score (nSPS) is 14.4. The third kappa shape index (κ3) is 6.83. The van der Waals surface area contributed by atoms with Gasteiger partial charge in [-0.25, -0.2) is 9.79 Å². The van der Waals surface area contributed by atoms with Gasteiger partial charge in [-0.3, -0.25) is 9.36 Å². The lowest BCUT2D eigenvalue weighted by atomic mass is 9.95. The number of hydrogen-bond acceptors (Lipinski definition) is 9. The van der Waals surface area contributed by atoms with Gasteiger partial charge in [0, 0.05) is 8.95 Å². The molecule has 0 bridgehead atoms. The number of esters is 1. The molecule has 13 heteroatoms. The maximum absolute atomic E-state index is 14.2. The van der Waals surface area contributed by atoms with E-state index in [4.69, 9.17) is 23.7 Å². The van der Waals surface area contributed by atoms with Crippen LogP contribution in [0.2, 0.25) is 0 Å². The summed E-state index contributed by atoms with van der Waals surface area (Å²) in [5, 5.41) is 0. The molecule has 0 fully saturated rings. The van der Waals surface area contributed by atoms with Crippen molar-refractivity contribution in [1.29, 1.82) is 0 Å². The smallest absolute Gasteiger partial charge is 0.338 e. The average molecular weight is 837 g/mol. The maximum Gasteiger partial charge on any atom is 0.338 e. The van der Waals surface area contributed by atoms with Crippen molar-refractivity contribution in [2.75, 3.05) is 27.9 Å². The third-order valence-electron chi connectivity index (χ3n) is 7.16. The van der Waals surface area contributed by atoms with E-state index in [0.717, 1.165) is 10.0 Å². The number of aromatic nitrogens is 1. The standard InChI is InChI=1S/C33H29Br3N2O7S/c1-6-44-32(40)28-17(2)37-33-38(29(28)21-14-24(41-3)25(42-4)15-22(21)35)31(39)27(46-33)13-19-11-23(36)30(26(12-19)43-5)45-16-18-7-9-20(34)10-8-18/h7-15,29H,6,16H2,1-5H3/b27-13-/t29-/m1/s1. The fourth-order valence-corrected chi connectivity index (χ4v) is 7.44. The van der Waals surface area contributed by atoms with E-state index in [2.05, 4.69) is 52.8 Å². The zero-order chi connectivity index (χ0) is 33.1. The molecule has 2 heterocycles. The Morgan fingerprint density at radius 3 is 2.28 bits per heavy atom. The van der Waals surface area contributed by atoms with Crippen LogP contribution in [0.15, 0.2) is 83.0 Å². The van der Waals surface area contributed by atoms with Gasteiger partial charge in [-0.1, -0.05) is 55.3 Å². The molecule has 1 aromatic heterocycles. The Morgan fingerprint density at radius 1 is 0.957 bits per heavy atom. The predicted octanol–water partition coefficient (Wildman–Crippen LogP) is 6.69. The molecule has 0 radical (unpaired) electrons. The van der Waals surface area contributed by atoms with Crippen molar-refractivity contribution in [2.24, 2.45) is 4.99 Å². The van der Waals surface area contributed by atoms with E-state index in [9.17, 15) is 9.59 Å². The number of carbonyl (C=O) groups excluding carboxylic acids is 1. The summed E-state index contributed by atoms with van der Waals surface area (Å²) in [6.45, 7) is 3.97. The van der Waals surface area contributed by atoms with Gasteiger partial charge >= 0.3 is 5.97 Å². The molecule has 3 aromatic carbocycles. The largest absolute Gasteiger partial charge is 0.493 e. The number of nitrogens with zero attached hydrogens (tertiary/aromatic N) is 2. The first-order chi connectivity index (χ1) is 22.1. The van der Waals surface area contributed by atoms with E-state index in [-0.39, 0.29) is 17.7 Å². The molecule has 1 atom stereocenters. The zero-order valence-corrected chi connectivity index (χ0v) is 31.1. The van der Waals surface area contributed by atoms with Crippen LogP contribution in [-0.2, 0) is 16.1 Å². The van der Waals surface area contributed by atoms with Crippen LogP contribution in [0.5, 0.6) is 23.0 Å². The molecule has 0 saturated carbocycles. The molecule has 0 N–H and O–H groups in total. The number of benzene rings is 3. The van der Waals surface area contributed by atoms with Gasteiger partial charge in [0.05, 0.1) is 54.3 Å². The minimum Gasteiger partial charge on any atom is -0.493 e. The van der Waals surface area contributed by atoms with Gasteiger partial charge in [0.2, 0.25) is 0 Å². The molecule has 9 nitrogen and oxygen atoms in total. The van der Waals surface area contributed by atoms with E-state index in [0.29, 0.717) is 64.7 Å². The lowest BCUT2D eigenvalue weighted by molar-refractivity contribution is -0.139. The van der Waals surface area contributed by atoms with Crippen LogP contribution in [0, 0.1) is 0 Å². The number of carbonyl (C=O) groups is 1. The van der Waals surface area contributed by atoms with Crippen molar-refractivity contribution in [3.63, 3.8) is 0 Å². The Balaban J connectivity index is 1.62. The average Bonchev–Trinajstić information content (AvgIpc) is 3.33. The summed E-state index contributed by atoms with van der Waals surface area (Å²) >= 11 is 11.9. The highest BCUT2D eigenvalue weighted by Gasteiger charge is 2.35. The number of allylic oxidation sites excluding steroid dienone is 1. The van der Waals surface area contributed by atoms with Crippen molar-refractivity contribution >= 4 is 71.2 Å². The summed E-state index contributed by atoms with van der Waals surface area (Å²) in [5.74, 6) is 1.42. The van der Waals surface area contributed by atoms with Crippen LogP contribution in [-0.4, -0.2) is 38.5 Å². The van der Waals surface area contributed by atoms with Crippen molar-refractivity contribution in [1.82, 2.24) is 4.57 Å². The second-order valence-electron chi connectivity index (χ2n) is 9.98. The minimum atomic E-state index is -0.845. The number of ether oxygens (including phenoxy) is 5. The molecule has 0 aliphatic carbocycles. The van der Waals surface area contributed by atoms with Crippen molar-refractivity contribution < 1.29 is 28.5 Å². The van der Waals surface area contributed by atoms with Crippen LogP contribution in [0.25, 0.3) is 6.08 Å². The summed E-state index contributed by atoms with van der Waals surface area (Å²) in [5.41, 5.74) is 2.69. The lowest BCUT2D eigenvalue weighted by Gasteiger charge is -2.26. The van der Waals surface area contributed by atoms with Gasteiger partial charge in [0.15, 0.2) is 27.8 Å². The monoisotopic (exact) mass is 834 g/mol. The quantitative estimate of drug-likeness (QED) is 0.164. The van der Waals surface area contributed by atoms with Crippen LogP contribution >= 0.6 is 59.1 Å². The van der Waals surface area contributed by atoms with Gasteiger partial charge < -0.3 is 23.7 Å². The Kier molecular flexibility index (Phi) is 10.8. The van der Waals surface area contributed by atoms with Gasteiger partial charge in [-0.2, -0.15) is 0 Å². The molecular weight excluding hydrogens is 808 g/mol. The highest BCUT2D eigenvalue weighted by molar-refractivity contribution is 9.11. The summed E-state index contributed by atoms with van der Waals surface area (Å²) < 4.78 is 32.4. The molecular formula is C33H29Br3N2O7S. The van der Waals surface area contributed by atoms with Crippen LogP contribution in [0.3, 0.4) is 0 Å². The number of halogens is 3. The van der Waals surface area contributed by atoms with E-state index in [1.165, 1.54) is 30.1 Å². The summed E-state index contributed by atoms with van der Waals surface area (Å²) in [6.07, 6.45) is 1.76. The minimum absolute atomic E-state index is 0.166. The molecule has 1 aliphatic heterocycles. The maximum atomic E-state index is 14.2. The van der Waals surface area contributed by atoms with Crippen molar-refractivity contribution in [2.45, 2.75) is 26.5 Å². The fraction of sp³-hybridized carbons (Fsp3) is 0.242. The number of methoxy groups -OCH3 is 3. The molecule has 0 unspecified atom stereocenters. The molecule has 0 saturated heterocycles. The predicted molar refractivity (Wildman–Crippen MR) is 187 cm³/mol. The number of thiazole rings is 1. The summed E-state index contributed by atoms with van der Waals surface area (Å²) in [7, 11) is 4.63. The molecule has 240 valence electrons. The van der Waals surface area contributed by atoms with E-state index >= 15 is 0 Å². The molecule has 0 spiro atoms. The second kappa shape index (κ2) is 14.6. The Bertz CT molecular complexity index is 2020. The Labute approximate surface area is 294 Å². The van der Waals surface area contributed by atoms with Gasteiger partial charge in [-0.15, -0.1) is 0 Å². The summed E-state index contributed by atoms with van der Waals surface area (Å²) in [6, 6.07) is 14.2.